The summed E-state index contributed by atoms with van der Waals surface area (Å²) in [7, 11) is 0. The van der Waals surface area contributed by atoms with E-state index in [2.05, 4.69) is 0 Å². The molecule has 0 amide bonds. The molecule has 0 saturated carbocycles. The molecule has 0 saturated heterocycles. The average molecular weight is 162 g/mol. The van der Waals surface area contributed by atoms with Crippen LogP contribution in [0.15, 0.2) is 30.3 Å². The van der Waals surface area contributed by atoms with Gasteiger partial charge < -0.3 is 5.11 Å². The van der Waals surface area contributed by atoms with E-state index in [1.165, 1.54) is 5.94 Å². The highest BCUT2D eigenvalue weighted by Gasteiger charge is 2.09. The van der Waals surface area contributed by atoms with Gasteiger partial charge in [0.05, 0.1) is 0 Å². The lowest BCUT2D eigenvalue weighted by Crippen LogP contribution is -1.99. The van der Waals surface area contributed by atoms with Gasteiger partial charge in [0, 0.05) is 5.56 Å². The van der Waals surface area contributed by atoms with Crippen molar-refractivity contribution in [2.45, 2.75) is 0 Å². The third-order valence-corrected chi connectivity index (χ3v) is 1.38. The van der Waals surface area contributed by atoms with Crippen molar-refractivity contribution in [3.05, 3.63) is 35.9 Å². The highest BCUT2D eigenvalue weighted by atomic mass is 16.4. The Morgan fingerprint density at radius 1 is 1.25 bits per heavy atom. The predicted octanol–water partition coefficient (Wildman–Crippen LogP) is 0.986. The fraction of sp³-hybridized carbons (Fsp3) is 0. The van der Waals surface area contributed by atoms with Crippen LogP contribution in [-0.2, 0) is 9.59 Å². The van der Waals surface area contributed by atoms with Crippen molar-refractivity contribution in [2.75, 3.05) is 0 Å². The van der Waals surface area contributed by atoms with Crippen LogP contribution in [0.25, 0.3) is 5.57 Å². The predicted molar refractivity (Wildman–Crippen MR) is 43.2 cm³/mol. The van der Waals surface area contributed by atoms with Crippen LogP contribution in [0.1, 0.15) is 5.56 Å². The van der Waals surface area contributed by atoms with Crippen LogP contribution in [0.2, 0.25) is 0 Å². The van der Waals surface area contributed by atoms with E-state index in [9.17, 15) is 9.59 Å². The van der Waals surface area contributed by atoms with Crippen LogP contribution < -0.4 is 0 Å². The molecule has 0 bridgehead atoms. The van der Waals surface area contributed by atoms with Crippen LogP contribution >= 0.6 is 0 Å². The molecule has 1 rings (SSSR count). The van der Waals surface area contributed by atoms with Crippen LogP contribution in [0, 0.1) is 0 Å². The highest BCUT2D eigenvalue weighted by Crippen LogP contribution is 2.09. The average Bonchev–Trinajstić information content (AvgIpc) is 2.07. The largest absolute Gasteiger partial charge is 0.477 e. The molecule has 0 aliphatic carbocycles. The summed E-state index contributed by atoms with van der Waals surface area (Å²) in [6.45, 7) is 0. The van der Waals surface area contributed by atoms with Gasteiger partial charge in [-0.05, 0) is 0 Å². The van der Waals surface area contributed by atoms with Crippen molar-refractivity contribution in [3.8, 4) is 0 Å². The molecule has 1 N–H and O–H groups in total. The normalized spacial score (nSPS) is 8.67. The van der Waals surface area contributed by atoms with Crippen molar-refractivity contribution in [2.24, 2.45) is 0 Å². The van der Waals surface area contributed by atoms with E-state index < -0.39 is 5.97 Å². The van der Waals surface area contributed by atoms with Gasteiger partial charge in [0.15, 0.2) is 5.57 Å². The Bertz CT molecular complexity index is 334. The summed E-state index contributed by atoms with van der Waals surface area (Å²) in [6, 6.07) is 8.17. The van der Waals surface area contributed by atoms with Crippen molar-refractivity contribution in [1.29, 1.82) is 0 Å². The Morgan fingerprint density at radius 3 is 2.25 bits per heavy atom. The van der Waals surface area contributed by atoms with Gasteiger partial charge in [-0.1, -0.05) is 30.3 Å². The molecule has 0 heterocycles. The Hall–Kier alpha value is -1.86. The number of rotatable bonds is 2. The topological polar surface area (TPSA) is 54.4 Å². The fourth-order valence-electron chi connectivity index (χ4n) is 0.831. The highest BCUT2D eigenvalue weighted by molar-refractivity contribution is 6.24. The van der Waals surface area contributed by atoms with Gasteiger partial charge in [-0.3, -0.25) is 0 Å². The number of carbonyl (C=O) groups is 1. The van der Waals surface area contributed by atoms with Gasteiger partial charge in [-0.15, -0.1) is 0 Å². The van der Waals surface area contributed by atoms with E-state index in [-0.39, 0.29) is 5.57 Å². The maximum Gasteiger partial charge on any atom is 0.347 e. The van der Waals surface area contributed by atoms with Crippen molar-refractivity contribution in [1.82, 2.24) is 0 Å². The first-order valence-corrected chi connectivity index (χ1v) is 3.29. The smallest absolute Gasteiger partial charge is 0.347 e. The quantitative estimate of drug-likeness (QED) is 0.521. The van der Waals surface area contributed by atoms with Crippen LogP contribution in [0.3, 0.4) is 0 Å². The number of hydrogen-bond acceptors (Lipinski definition) is 2. The van der Waals surface area contributed by atoms with Crippen LogP contribution in [-0.4, -0.2) is 17.0 Å². The molecule has 12 heavy (non-hydrogen) atoms. The number of carboxylic acid groups (broad SMARTS) is 1. The fourth-order valence-corrected chi connectivity index (χ4v) is 0.831. The molecule has 1 aromatic carbocycles. The lowest BCUT2D eigenvalue weighted by atomic mass is 10.1. The van der Waals surface area contributed by atoms with Crippen LogP contribution in [0.5, 0.6) is 0 Å². The monoisotopic (exact) mass is 162 g/mol. The minimum absolute atomic E-state index is 0.337. The Kier molecular flexibility index (Phi) is 2.41. The Morgan fingerprint density at radius 2 is 1.83 bits per heavy atom. The van der Waals surface area contributed by atoms with E-state index in [1.807, 2.05) is 0 Å². The van der Waals surface area contributed by atoms with E-state index in [0.29, 0.717) is 5.56 Å². The maximum atomic E-state index is 10.4. The van der Waals surface area contributed by atoms with Crippen molar-refractivity contribution >= 4 is 17.5 Å². The lowest BCUT2D eigenvalue weighted by molar-refractivity contribution is -0.130. The molecule has 0 atom stereocenters. The summed E-state index contributed by atoms with van der Waals surface area (Å²) in [6.07, 6.45) is 0. The number of aliphatic carboxylic acids is 1. The molecule has 0 aliphatic heterocycles. The van der Waals surface area contributed by atoms with Crippen molar-refractivity contribution in [3.63, 3.8) is 0 Å². The number of carbonyl (C=O) groups excluding carboxylic acids is 1. The van der Waals surface area contributed by atoms with Gasteiger partial charge >= 0.3 is 5.97 Å². The van der Waals surface area contributed by atoms with Gasteiger partial charge in [0.25, 0.3) is 0 Å². The zero-order chi connectivity index (χ0) is 8.97. The molecule has 0 fully saturated rings. The minimum atomic E-state index is -1.25. The summed E-state index contributed by atoms with van der Waals surface area (Å²) in [5.74, 6) is 0.131. The number of carboxylic acids is 1. The molecule has 3 heteroatoms. The molecule has 0 radical (unpaired) electrons. The standard InChI is InChI=1S/C9H6O3/c10-6-8(9(11)12)7-4-2-1-3-5-7/h1-5H,(H,11,12). The molecule has 3 nitrogen and oxygen atoms in total. The van der Waals surface area contributed by atoms with Gasteiger partial charge in [-0.25, -0.2) is 9.59 Å². The van der Waals surface area contributed by atoms with Gasteiger partial charge in [0.1, 0.15) is 5.94 Å². The molecule has 0 aromatic heterocycles. The summed E-state index contributed by atoms with van der Waals surface area (Å²) >= 11 is 0. The maximum absolute atomic E-state index is 10.4. The SMILES string of the molecule is O=C=C(C(=O)O)c1ccccc1. The zero-order valence-electron chi connectivity index (χ0n) is 6.15. The first-order valence-electron chi connectivity index (χ1n) is 3.29. The Labute approximate surface area is 69.0 Å². The second kappa shape index (κ2) is 3.51. The van der Waals surface area contributed by atoms with Crippen molar-refractivity contribution < 1.29 is 14.7 Å². The molecular formula is C9H6O3. The first kappa shape index (κ1) is 8.24. The third-order valence-electron chi connectivity index (χ3n) is 1.38. The molecule has 0 aliphatic rings. The summed E-state index contributed by atoms with van der Waals surface area (Å²) in [5.41, 5.74) is 0.0376. The van der Waals surface area contributed by atoms with Gasteiger partial charge in [-0.2, -0.15) is 0 Å². The van der Waals surface area contributed by atoms with E-state index in [0.717, 1.165) is 0 Å². The zero-order valence-corrected chi connectivity index (χ0v) is 6.15. The summed E-state index contributed by atoms with van der Waals surface area (Å²) in [5, 5.41) is 8.53. The first-order chi connectivity index (χ1) is 5.75. The van der Waals surface area contributed by atoms with Crippen LogP contribution in [0.4, 0.5) is 0 Å². The molecule has 0 spiro atoms. The second-order valence-corrected chi connectivity index (χ2v) is 2.15. The number of hydrogen-bond donors (Lipinski definition) is 1. The molecule has 60 valence electrons. The van der Waals surface area contributed by atoms with E-state index in [1.54, 1.807) is 30.3 Å². The summed E-state index contributed by atoms with van der Waals surface area (Å²) in [4.78, 5) is 20.6. The minimum Gasteiger partial charge on any atom is -0.477 e. The van der Waals surface area contributed by atoms with E-state index >= 15 is 0 Å². The lowest BCUT2D eigenvalue weighted by Gasteiger charge is -1.95. The summed E-state index contributed by atoms with van der Waals surface area (Å²) < 4.78 is 0. The Balaban J connectivity index is 3.14. The number of benzene rings is 1. The second-order valence-electron chi connectivity index (χ2n) is 2.15. The van der Waals surface area contributed by atoms with E-state index in [4.69, 9.17) is 5.11 Å². The third kappa shape index (κ3) is 1.59. The molecular weight excluding hydrogens is 156 g/mol. The molecule has 0 unspecified atom stereocenters. The van der Waals surface area contributed by atoms with Gasteiger partial charge in [0.2, 0.25) is 0 Å². The molecule has 1 aromatic rings.